The van der Waals surface area contributed by atoms with E-state index in [-0.39, 0.29) is 10.9 Å². The van der Waals surface area contributed by atoms with Crippen LogP contribution >= 0.6 is 0 Å². The van der Waals surface area contributed by atoms with Gasteiger partial charge in [0.05, 0.1) is 11.5 Å². The zero-order chi connectivity index (χ0) is 17.4. The van der Waals surface area contributed by atoms with Crippen molar-refractivity contribution in [3.8, 4) is 0 Å². The molecule has 0 amide bonds. The van der Waals surface area contributed by atoms with Crippen molar-refractivity contribution >= 4 is 21.7 Å². The lowest BCUT2D eigenvalue weighted by Gasteiger charge is -2.08. The summed E-state index contributed by atoms with van der Waals surface area (Å²) in [5.41, 5.74) is 1.44. The molecule has 0 saturated heterocycles. The third-order valence-corrected chi connectivity index (χ3v) is 4.55. The Hall–Kier alpha value is -2.60. The first-order valence-corrected chi connectivity index (χ1v) is 8.99. The van der Waals surface area contributed by atoms with Gasteiger partial charge in [0.1, 0.15) is 0 Å². The SMILES string of the molecule is CCOC(=O)/C=C/Cc1ccc(NS(=O)(=O)c2ccccc2)cc1. The Balaban J connectivity index is 1.98. The number of sulfonamides is 1. The van der Waals surface area contributed by atoms with Crippen LogP contribution in [-0.2, 0) is 26.0 Å². The summed E-state index contributed by atoms with van der Waals surface area (Å²) in [6, 6.07) is 15.2. The number of benzene rings is 2. The minimum absolute atomic E-state index is 0.214. The molecular weight excluding hydrogens is 326 g/mol. The van der Waals surface area contributed by atoms with Crippen molar-refractivity contribution < 1.29 is 17.9 Å². The first-order valence-electron chi connectivity index (χ1n) is 7.51. The van der Waals surface area contributed by atoms with E-state index < -0.39 is 10.0 Å². The number of esters is 1. The third-order valence-electron chi connectivity index (χ3n) is 3.15. The van der Waals surface area contributed by atoms with E-state index in [1.165, 1.54) is 18.2 Å². The molecule has 2 aromatic rings. The lowest BCUT2D eigenvalue weighted by atomic mass is 10.1. The second-order valence-corrected chi connectivity index (χ2v) is 6.66. The van der Waals surface area contributed by atoms with Gasteiger partial charge in [-0.3, -0.25) is 4.72 Å². The third kappa shape index (κ3) is 5.24. The Morgan fingerprint density at radius 3 is 2.38 bits per heavy atom. The zero-order valence-electron chi connectivity index (χ0n) is 13.3. The van der Waals surface area contributed by atoms with Gasteiger partial charge in [0.2, 0.25) is 0 Å². The van der Waals surface area contributed by atoms with Crippen LogP contribution in [0.1, 0.15) is 12.5 Å². The van der Waals surface area contributed by atoms with Gasteiger partial charge in [-0.05, 0) is 43.2 Å². The van der Waals surface area contributed by atoms with Crippen molar-refractivity contribution in [2.45, 2.75) is 18.2 Å². The maximum atomic E-state index is 12.2. The van der Waals surface area contributed by atoms with Crippen molar-refractivity contribution in [3.63, 3.8) is 0 Å². The Morgan fingerprint density at radius 1 is 1.08 bits per heavy atom. The van der Waals surface area contributed by atoms with Crippen molar-refractivity contribution in [1.29, 1.82) is 0 Å². The Morgan fingerprint density at radius 2 is 1.75 bits per heavy atom. The lowest BCUT2D eigenvalue weighted by molar-refractivity contribution is -0.137. The number of anilines is 1. The molecule has 0 fully saturated rings. The summed E-state index contributed by atoms with van der Waals surface area (Å²) in [5.74, 6) is -0.371. The van der Waals surface area contributed by atoms with Crippen LogP contribution in [0.4, 0.5) is 5.69 Å². The Labute approximate surface area is 142 Å². The first-order chi connectivity index (χ1) is 11.5. The number of hydrogen-bond donors (Lipinski definition) is 1. The molecule has 0 unspecified atom stereocenters. The summed E-state index contributed by atoms with van der Waals surface area (Å²) < 4.78 is 31.8. The molecule has 2 aromatic carbocycles. The van der Waals surface area contributed by atoms with Crippen LogP contribution in [0.2, 0.25) is 0 Å². The van der Waals surface area contributed by atoms with Crippen molar-refractivity contribution in [3.05, 3.63) is 72.3 Å². The minimum Gasteiger partial charge on any atom is -0.463 e. The normalized spacial score (nSPS) is 11.4. The summed E-state index contributed by atoms with van der Waals surface area (Å²) in [6.45, 7) is 2.10. The summed E-state index contributed by atoms with van der Waals surface area (Å²) in [6.07, 6.45) is 3.65. The maximum absolute atomic E-state index is 12.2. The van der Waals surface area contributed by atoms with Crippen LogP contribution < -0.4 is 4.72 Å². The largest absolute Gasteiger partial charge is 0.463 e. The molecule has 0 spiro atoms. The van der Waals surface area contributed by atoms with Gasteiger partial charge in [0, 0.05) is 11.8 Å². The van der Waals surface area contributed by atoms with E-state index in [1.54, 1.807) is 55.5 Å². The van der Waals surface area contributed by atoms with Gasteiger partial charge in [0.25, 0.3) is 10.0 Å². The fourth-order valence-corrected chi connectivity index (χ4v) is 3.08. The van der Waals surface area contributed by atoms with E-state index >= 15 is 0 Å². The van der Waals surface area contributed by atoms with Crippen LogP contribution in [0.5, 0.6) is 0 Å². The topological polar surface area (TPSA) is 72.5 Å². The molecule has 0 radical (unpaired) electrons. The molecule has 0 saturated carbocycles. The van der Waals surface area contributed by atoms with Crippen molar-refractivity contribution in [1.82, 2.24) is 0 Å². The molecule has 24 heavy (non-hydrogen) atoms. The smallest absolute Gasteiger partial charge is 0.330 e. The highest BCUT2D eigenvalue weighted by Gasteiger charge is 2.12. The molecule has 0 aliphatic carbocycles. The number of hydrogen-bond acceptors (Lipinski definition) is 4. The van der Waals surface area contributed by atoms with E-state index in [0.29, 0.717) is 18.7 Å². The van der Waals surface area contributed by atoms with Gasteiger partial charge in [0.15, 0.2) is 0 Å². The maximum Gasteiger partial charge on any atom is 0.330 e. The van der Waals surface area contributed by atoms with E-state index in [0.717, 1.165) is 5.56 Å². The van der Waals surface area contributed by atoms with Gasteiger partial charge in [-0.15, -0.1) is 0 Å². The molecule has 0 aliphatic rings. The van der Waals surface area contributed by atoms with E-state index in [1.807, 2.05) is 0 Å². The van der Waals surface area contributed by atoms with Gasteiger partial charge in [-0.2, -0.15) is 0 Å². The molecular formula is C18H19NO4S. The van der Waals surface area contributed by atoms with Gasteiger partial charge in [-0.25, -0.2) is 13.2 Å². The van der Waals surface area contributed by atoms with Crippen LogP contribution in [0, 0.1) is 0 Å². The van der Waals surface area contributed by atoms with Gasteiger partial charge < -0.3 is 4.74 Å². The number of carbonyl (C=O) groups excluding carboxylic acids is 1. The number of ether oxygens (including phenoxy) is 1. The summed E-state index contributed by atoms with van der Waals surface area (Å²) in [4.78, 5) is 11.4. The molecule has 0 aromatic heterocycles. The highest BCUT2D eigenvalue weighted by atomic mass is 32.2. The fraction of sp³-hybridized carbons (Fsp3) is 0.167. The number of rotatable bonds is 7. The average Bonchev–Trinajstić information content (AvgIpc) is 2.57. The quantitative estimate of drug-likeness (QED) is 0.618. The van der Waals surface area contributed by atoms with Crippen LogP contribution in [0.25, 0.3) is 0 Å². The molecule has 5 nitrogen and oxygen atoms in total. The molecule has 0 atom stereocenters. The molecule has 1 N–H and O–H groups in total. The van der Waals surface area contributed by atoms with Crippen molar-refractivity contribution in [2.75, 3.05) is 11.3 Å². The van der Waals surface area contributed by atoms with E-state index in [2.05, 4.69) is 4.72 Å². The van der Waals surface area contributed by atoms with E-state index in [9.17, 15) is 13.2 Å². The van der Waals surface area contributed by atoms with Gasteiger partial charge in [-0.1, -0.05) is 36.4 Å². The summed E-state index contributed by atoms with van der Waals surface area (Å²) in [5, 5.41) is 0. The Bertz CT molecular complexity index is 797. The second-order valence-electron chi connectivity index (χ2n) is 4.97. The number of allylic oxidation sites excluding steroid dienone is 1. The predicted molar refractivity (Wildman–Crippen MR) is 93.2 cm³/mol. The number of carbonyl (C=O) groups is 1. The summed E-state index contributed by atoms with van der Waals surface area (Å²) in [7, 11) is -3.59. The molecule has 6 heteroatoms. The monoisotopic (exact) mass is 345 g/mol. The van der Waals surface area contributed by atoms with Crippen LogP contribution in [-0.4, -0.2) is 21.0 Å². The highest BCUT2D eigenvalue weighted by Crippen LogP contribution is 2.16. The van der Waals surface area contributed by atoms with Crippen LogP contribution in [0.15, 0.2) is 71.6 Å². The van der Waals surface area contributed by atoms with Crippen LogP contribution in [0.3, 0.4) is 0 Å². The number of nitrogens with one attached hydrogen (secondary N) is 1. The highest BCUT2D eigenvalue weighted by molar-refractivity contribution is 7.92. The predicted octanol–water partition coefficient (Wildman–Crippen LogP) is 3.15. The molecule has 126 valence electrons. The Kier molecular flexibility index (Phi) is 6.14. The van der Waals surface area contributed by atoms with Gasteiger partial charge >= 0.3 is 5.97 Å². The molecule has 0 heterocycles. The second kappa shape index (κ2) is 8.31. The summed E-state index contributed by atoms with van der Waals surface area (Å²) >= 11 is 0. The standard InChI is InChI=1S/C18H19NO4S/c1-2-23-18(20)10-6-7-15-11-13-16(14-12-15)19-24(21,22)17-8-4-3-5-9-17/h3-6,8-14,19H,2,7H2,1H3/b10-6+. The average molecular weight is 345 g/mol. The first kappa shape index (κ1) is 17.7. The fourth-order valence-electron chi connectivity index (χ4n) is 2.00. The zero-order valence-corrected chi connectivity index (χ0v) is 14.1. The lowest BCUT2D eigenvalue weighted by Crippen LogP contribution is -2.12. The molecule has 0 bridgehead atoms. The van der Waals surface area contributed by atoms with Crippen molar-refractivity contribution in [2.24, 2.45) is 0 Å². The minimum atomic E-state index is -3.59. The molecule has 0 aliphatic heterocycles. The van der Waals surface area contributed by atoms with E-state index in [4.69, 9.17) is 4.74 Å². The molecule has 2 rings (SSSR count).